The zero-order valence-corrected chi connectivity index (χ0v) is 13.7. The Morgan fingerprint density at radius 1 is 1.36 bits per heavy atom. The van der Waals surface area contributed by atoms with E-state index in [2.05, 4.69) is 36.6 Å². The average Bonchev–Trinajstić information content (AvgIpc) is 2.53. The van der Waals surface area contributed by atoms with Crippen molar-refractivity contribution in [2.24, 2.45) is 0 Å². The van der Waals surface area contributed by atoms with Crippen LogP contribution in [0.2, 0.25) is 0 Å². The van der Waals surface area contributed by atoms with Crippen molar-refractivity contribution in [2.75, 3.05) is 34.2 Å². The number of likely N-dealkylation sites (N-methyl/N-ethyl adjacent to an activating group) is 3. The van der Waals surface area contributed by atoms with E-state index in [0.29, 0.717) is 12.6 Å². The largest absolute Gasteiger partial charge is 0.358 e. The second kappa shape index (κ2) is 7.40. The second-order valence-corrected chi connectivity index (χ2v) is 6.09. The number of nitrogens with one attached hydrogen (secondary N) is 2. The highest BCUT2D eigenvalue weighted by molar-refractivity contribution is 5.84. The van der Waals surface area contributed by atoms with Crippen LogP contribution in [0, 0.1) is 0 Å². The molecule has 22 heavy (non-hydrogen) atoms. The molecule has 0 heterocycles. The first-order valence-electron chi connectivity index (χ1n) is 7.87. The van der Waals surface area contributed by atoms with Gasteiger partial charge in [-0.3, -0.25) is 9.59 Å². The van der Waals surface area contributed by atoms with E-state index in [4.69, 9.17) is 0 Å². The molecule has 120 valence electrons. The molecular formula is C17H26N3O2+. The molecule has 2 rings (SSSR count). The van der Waals surface area contributed by atoms with Crippen LogP contribution in [0.4, 0.5) is 0 Å². The van der Waals surface area contributed by atoms with Crippen molar-refractivity contribution in [3.63, 3.8) is 0 Å². The van der Waals surface area contributed by atoms with Gasteiger partial charge in [0, 0.05) is 26.1 Å². The Morgan fingerprint density at radius 3 is 2.82 bits per heavy atom. The lowest BCUT2D eigenvalue weighted by molar-refractivity contribution is -0.905. The molecule has 1 aliphatic carbocycles. The lowest BCUT2D eigenvalue weighted by Crippen LogP contribution is -3.10. The second-order valence-electron chi connectivity index (χ2n) is 6.09. The zero-order chi connectivity index (χ0) is 16.1. The third-order valence-electron chi connectivity index (χ3n) is 4.48. The number of benzene rings is 1. The minimum Gasteiger partial charge on any atom is -0.358 e. The first kappa shape index (κ1) is 16.5. The fraction of sp³-hybridized carbons (Fsp3) is 0.529. The van der Waals surface area contributed by atoms with E-state index in [0.717, 1.165) is 12.8 Å². The van der Waals surface area contributed by atoms with Gasteiger partial charge in [-0.15, -0.1) is 0 Å². The minimum atomic E-state index is -0.142. The summed E-state index contributed by atoms with van der Waals surface area (Å²) in [6.07, 6.45) is 3.40. The predicted molar refractivity (Wildman–Crippen MR) is 85.6 cm³/mol. The van der Waals surface area contributed by atoms with Gasteiger partial charge in [-0.2, -0.15) is 0 Å². The summed E-state index contributed by atoms with van der Waals surface area (Å²) < 4.78 is 0. The van der Waals surface area contributed by atoms with Crippen LogP contribution in [0.25, 0.3) is 0 Å². The van der Waals surface area contributed by atoms with Crippen LogP contribution in [-0.2, 0) is 16.0 Å². The van der Waals surface area contributed by atoms with E-state index >= 15 is 0 Å². The molecule has 1 unspecified atom stereocenters. The molecule has 0 aromatic heterocycles. The third kappa shape index (κ3) is 3.85. The van der Waals surface area contributed by atoms with Crippen LogP contribution in [0.5, 0.6) is 0 Å². The van der Waals surface area contributed by atoms with Crippen LogP contribution in [0.1, 0.15) is 30.0 Å². The predicted octanol–water partition coefficient (Wildman–Crippen LogP) is -0.217. The number of hydrogen-bond acceptors (Lipinski definition) is 2. The van der Waals surface area contributed by atoms with Crippen molar-refractivity contribution >= 4 is 11.8 Å². The maximum Gasteiger partial charge on any atom is 0.277 e. The van der Waals surface area contributed by atoms with Gasteiger partial charge in [-0.05, 0) is 18.4 Å². The van der Waals surface area contributed by atoms with Gasteiger partial charge in [0.2, 0.25) is 5.91 Å². The summed E-state index contributed by atoms with van der Waals surface area (Å²) >= 11 is 0. The van der Waals surface area contributed by atoms with Crippen LogP contribution in [0.3, 0.4) is 0 Å². The fourth-order valence-corrected chi connectivity index (χ4v) is 3.15. The van der Waals surface area contributed by atoms with Gasteiger partial charge in [-0.1, -0.05) is 24.3 Å². The molecule has 1 aromatic carbocycles. The summed E-state index contributed by atoms with van der Waals surface area (Å²) in [6, 6.07) is 8.89. The monoisotopic (exact) mass is 304 g/mol. The quantitative estimate of drug-likeness (QED) is 0.790. The van der Waals surface area contributed by atoms with Crippen molar-refractivity contribution in [2.45, 2.75) is 25.3 Å². The molecule has 2 amide bonds. The van der Waals surface area contributed by atoms with E-state index in [9.17, 15) is 9.59 Å². The number of rotatable bonds is 5. The van der Waals surface area contributed by atoms with Crippen molar-refractivity contribution in [1.82, 2.24) is 10.2 Å². The molecule has 2 atom stereocenters. The first-order chi connectivity index (χ1) is 10.5. The highest BCUT2D eigenvalue weighted by Crippen LogP contribution is 2.27. The van der Waals surface area contributed by atoms with Gasteiger partial charge in [-0.25, -0.2) is 0 Å². The number of hydrogen-bond donors (Lipinski definition) is 2. The Balaban J connectivity index is 1.99. The summed E-state index contributed by atoms with van der Waals surface area (Å²) in [6.45, 7) is 0.524. The molecule has 0 spiro atoms. The topological polar surface area (TPSA) is 53.9 Å². The smallest absolute Gasteiger partial charge is 0.277 e. The van der Waals surface area contributed by atoms with Crippen LogP contribution in [-0.4, -0.2) is 50.9 Å². The Bertz CT molecular complexity index is 544. The Hall–Kier alpha value is -1.88. The third-order valence-corrected chi connectivity index (χ3v) is 4.48. The maximum absolute atomic E-state index is 12.3. The highest BCUT2D eigenvalue weighted by atomic mass is 16.2. The van der Waals surface area contributed by atoms with Crippen molar-refractivity contribution < 1.29 is 14.5 Å². The SMILES string of the molecule is CNC(=O)CN(C)C(=O)C[NH+](C)[C@H]1CCCc2ccccc21. The number of fused-ring (bicyclic) bond motifs is 1. The Labute approximate surface area is 132 Å². The molecule has 0 saturated carbocycles. The van der Waals surface area contributed by atoms with E-state index in [1.165, 1.54) is 27.3 Å². The fourth-order valence-electron chi connectivity index (χ4n) is 3.15. The lowest BCUT2D eigenvalue weighted by Gasteiger charge is -2.31. The number of aryl methyl sites for hydroxylation is 1. The molecule has 1 aromatic rings. The first-order valence-corrected chi connectivity index (χ1v) is 7.87. The number of nitrogens with zero attached hydrogens (tertiary/aromatic N) is 1. The summed E-state index contributed by atoms with van der Waals surface area (Å²) in [5.74, 6) is -0.138. The van der Waals surface area contributed by atoms with E-state index in [1.54, 1.807) is 14.1 Å². The molecule has 0 fully saturated rings. The van der Waals surface area contributed by atoms with Gasteiger partial charge < -0.3 is 15.1 Å². The van der Waals surface area contributed by atoms with Gasteiger partial charge in [0.1, 0.15) is 6.04 Å². The molecule has 0 aliphatic heterocycles. The van der Waals surface area contributed by atoms with Crippen LogP contribution >= 0.6 is 0 Å². The Kier molecular flexibility index (Phi) is 5.55. The molecular weight excluding hydrogens is 278 g/mol. The summed E-state index contributed by atoms with van der Waals surface area (Å²) in [7, 11) is 5.33. The normalized spacial score (nSPS) is 18.2. The standard InChI is InChI=1S/C17H25N3O2/c1-18-16(21)11-20(3)17(22)12-19(2)15-10-6-8-13-7-4-5-9-14(13)15/h4-5,7,9,15H,6,8,10-12H2,1-3H3,(H,18,21)/p+1/t15-/m0/s1. The molecule has 0 radical (unpaired) electrons. The number of carbonyl (C=O) groups is 2. The van der Waals surface area contributed by atoms with Gasteiger partial charge in [0.15, 0.2) is 6.54 Å². The Morgan fingerprint density at radius 2 is 2.09 bits per heavy atom. The average molecular weight is 304 g/mol. The molecule has 1 aliphatic rings. The number of quaternary nitrogens is 1. The van der Waals surface area contributed by atoms with E-state index in [1.807, 2.05) is 0 Å². The van der Waals surface area contributed by atoms with Gasteiger partial charge >= 0.3 is 0 Å². The van der Waals surface area contributed by atoms with Crippen molar-refractivity contribution in [3.05, 3.63) is 35.4 Å². The number of carbonyl (C=O) groups excluding carboxylic acids is 2. The number of amides is 2. The zero-order valence-electron chi connectivity index (χ0n) is 13.7. The summed E-state index contributed by atoms with van der Waals surface area (Å²) in [5.41, 5.74) is 2.78. The molecule has 0 bridgehead atoms. The molecule has 0 saturated heterocycles. The molecule has 5 nitrogen and oxygen atoms in total. The maximum atomic E-state index is 12.3. The van der Waals surface area contributed by atoms with Crippen LogP contribution < -0.4 is 10.2 Å². The van der Waals surface area contributed by atoms with Gasteiger partial charge in [0.05, 0.1) is 13.6 Å². The van der Waals surface area contributed by atoms with Gasteiger partial charge in [0.25, 0.3) is 5.91 Å². The van der Waals surface area contributed by atoms with Crippen LogP contribution in [0.15, 0.2) is 24.3 Å². The van der Waals surface area contributed by atoms with Crippen molar-refractivity contribution in [3.8, 4) is 0 Å². The van der Waals surface area contributed by atoms with E-state index in [-0.39, 0.29) is 18.4 Å². The summed E-state index contributed by atoms with van der Waals surface area (Å²) in [5, 5.41) is 2.54. The molecule has 2 N–H and O–H groups in total. The minimum absolute atomic E-state index is 0.00385. The lowest BCUT2D eigenvalue weighted by atomic mass is 9.87. The van der Waals surface area contributed by atoms with Crippen molar-refractivity contribution in [1.29, 1.82) is 0 Å². The van der Waals surface area contributed by atoms with E-state index < -0.39 is 0 Å². The molecule has 5 heteroatoms. The summed E-state index contributed by atoms with van der Waals surface area (Å²) in [4.78, 5) is 26.3. The highest BCUT2D eigenvalue weighted by Gasteiger charge is 2.28.